The highest BCUT2D eigenvalue weighted by atomic mass is 32.2. The zero-order chi connectivity index (χ0) is 26.9. The van der Waals surface area contributed by atoms with E-state index in [0.717, 1.165) is 54.5 Å². The molecule has 0 bridgehead atoms. The van der Waals surface area contributed by atoms with E-state index in [1.54, 1.807) is 28.8 Å². The Morgan fingerprint density at radius 2 is 1.68 bits per heavy atom. The summed E-state index contributed by atoms with van der Waals surface area (Å²) in [6.07, 6.45) is 5.09. The molecular weight excluding hydrogens is 496 g/mol. The molecule has 0 saturated heterocycles. The molecule has 2 amide bonds. The lowest BCUT2D eigenvalue weighted by molar-refractivity contribution is -0.114. The van der Waals surface area contributed by atoms with Gasteiger partial charge in [-0.3, -0.25) is 19.0 Å². The van der Waals surface area contributed by atoms with Crippen LogP contribution < -0.4 is 16.2 Å². The number of nitrogens with zero attached hydrogens (tertiary/aromatic N) is 2. The lowest BCUT2D eigenvalue weighted by atomic mass is 9.68. The molecule has 2 aromatic carbocycles. The van der Waals surface area contributed by atoms with Gasteiger partial charge in [0.15, 0.2) is 5.16 Å². The van der Waals surface area contributed by atoms with E-state index < -0.39 is 0 Å². The quantitative estimate of drug-likeness (QED) is 0.239. The number of nitrogens with one attached hydrogen (secondary N) is 2. The average Bonchev–Trinajstić information content (AvgIpc) is 3.33. The molecule has 0 aliphatic heterocycles. The van der Waals surface area contributed by atoms with E-state index in [1.807, 2.05) is 13.0 Å². The zero-order valence-electron chi connectivity index (χ0n) is 21.8. The van der Waals surface area contributed by atoms with Crippen LogP contribution in [0.5, 0.6) is 0 Å². The molecule has 0 unspecified atom stereocenters. The normalized spacial score (nSPS) is 15.0. The Hall–Kier alpha value is -3.65. The third kappa shape index (κ3) is 5.18. The van der Waals surface area contributed by atoms with Crippen LogP contribution in [-0.4, -0.2) is 27.1 Å². The van der Waals surface area contributed by atoms with Crippen molar-refractivity contribution in [3.63, 3.8) is 0 Å². The summed E-state index contributed by atoms with van der Waals surface area (Å²) in [6, 6.07) is 15.2. The second-order valence-corrected chi connectivity index (χ2v) is 11.3. The van der Waals surface area contributed by atoms with Crippen LogP contribution in [0.4, 0.5) is 11.4 Å². The van der Waals surface area contributed by atoms with Crippen LogP contribution >= 0.6 is 11.8 Å². The molecule has 1 heterocycles. The minimum absolute atomic E-state index is 0.00845. The van der Waals surface area contributed by atoms with Gasteiger partial charge in [0.1, 0.15) is 0 Å². The fourth-order valence-electron chi connectivity index (χ4n) is 5.73. The van der Waals surface area contributed by atoms with E-state index in [4.69, 9.17) is 4.98 Å². The number of hydrogen-bond donors (Lipinski definition) is 2. The number of allylic oxidation sites excluding steroid dienone is 1. The van der Waals surface area contributed by atoms with Gasteiger partial charge in [0.2, 0.25) is 11.8 Å². The Kier molecular flexibility index (Phi) is 7.25. The van der Waals surface area contributed by atoms with Crippen LogP contribution in [0, 0.1) is 0 Å². The third-order valence-corrected chi connectivity index (χ3v) is 8.25. The topological polar surface area (TPSA) is 93.1 Å². The van der Waals surface area contributed by atoms with Crippen molar-refractivity contribution in [2.24, 2.45) is 0 Å². The molecule has 0 radical (unpaired) electrons. The summed E-state index contributed by atoms with van der Waals surface area (Å²) in [4.78, 5) is 43.2. The first kappa shape index (κ1) is 26.0. The summed E-state index contributed by atoms with van der Waals surface area (Å²) in [6.45, 7) is 7.76. The Morgan fingerprint density at radius 3 is 2.34 bits per heavy atom. The number of benzene rings is 2. The third-order valence-electron chi connectivity index (χ3n) is 7.28. The summed E-state index contributed by atoms with van der Waals surface area (Å²) in [5.74, 6) is -0.261. The van der Waals surface area contributed by atoms with Crippen molar-refractivity contribution in [1.82, 2.24) is 9.55 Å². The molecule has 38 heavy (non-hydrogen) atoms. The Balaban J connectivity index is 1.45. The van der Waals surface area contributed by atoms with Crippen LogP contribution in [0.3, 0.4) is 0 Å². The number of amides is 2. The predicted octanol–water partition coefficient (Wildman–Crippen LogP) is 5.54. The Labute approximate surface area is 226 Å². The maximum atomic E-state index is 14.1. The summed E-state index contributed by atoms with van der Waals surface area (Å²) in [7, 11) is 0. The van der Waals surface area contributed by atoms with Crippen molar-refractivity contribution < 1.29 is 9.59 Å². The maximum Gasteiger partial charge on any atom is 0.258 e. The number of fused-ring (bicyclic) bond motifs is 4. The number of aromatic nitrogens is 2. The summed E-state index contributed by atoms with van der Waals surface area (Å²) in [5, 5.41) is 6.11. The number of anilines is 2. The standard InChI is InChI=1S/C30H32N4O3S/c1-19(2)17-34-28(37)26-27(24-9-5-4-8-21(24)16-30(26)14-6-7-15-30)33-29(34)38-18-25(36)32-23-12-10-22(11-13-23)31-20(3)35/h4-5,8-13H,1,6-7,14-18H2,2-3H3,(H,31,35)(H,32,36). The van der Waals surface area contributed by atoms with Crippen LogP contribution in [0.25, 0.3) is 11.3 Å². The van der Waals surface area contributed by atoms with Gasteiger partial charge in [-0.1, -0.05) is 61.0 Å². The SMILES string of the molecule is C=C(C)Cn1c(SCC(=O)Nc2ccc(NC(C)=O)cc2)nc2c(c1=O)C1(CCCC1)Cc1ccccc1-2. The molecule has 7 nitrogen and oxygen atoms in total. The van der Waals surface area contributed by atoms with Crippen molar-refractivity contribution in [3.05, 3.63) is 82.2 Å². The first-order valence-corrected chi connectivity index (χ1v) is 13.9. The second-order valence-electron chi connectivity index (χ2n) is 10.4. The molecule has 8 heteroatoms. The van der Waals surface area contributed by atoms with Crippen molar-refractivity contribution in [3.8, 4) is 11.3 Å². The van der Waals surface area contributed by atoms with Gasteiger partial charge in [-0.05, 0) is 56.0 Å². The molecule has 0 atom stereocenters. The van der Waals surface area contributed by atoms with Crippen LogP contribution in [-0.2, 0) is 28.0 Å². The minimum atomic E-state index is -0.205. The number of carbonyl (C=O) groups excluding carboxylic acids is 2. The monoisotopic (exact) mass is 528 g/mol. The maximum absolute atomic E-state index is 14.1. The summed E-state index contributed by atoms with van der Waals surface area (Å²) < 4.78 is 1.70. The first-order chi connectivity index (χ1) is 18.3. The lowest BCUT2D eigenvalue weighted by Crippen LogP contribution is -2.40. The Morgan fingerprint density at radius 1 is 1.03 bits per heavy atom. The highest BCUT2D eigenvalue weighted by Crippen LogP contribution is 2.50. The van der Waals surface area contributed by atoms with Crippen molar-refractivity contribution in [1.29, 1.82) is 0 Å². The zero-order valence-corrected chi connectivity index (χ0v) is 22.6. The second kappa shape index (κ2) is 10.6. The average molecular weight is 529 g/mol. The predicted molar refractivity (Wildman–Crippen MR) is 153 cm³/mol. The molecule has 1 fully saturated rings. The van der Waals surface area contributed by atoms with Crippen molar-refractivity contribution in [2.75, 3.05) is 16.4 Å². The highest BCUT2D eigenvalue weighted by molar-refractivity contribution is 7.99. The van der Waals surface area contributed by atoms with E-state index in [0.29, 0.717) is 23.1 Å². The summed E-state index contributed by atoms with van der Waals surface area (Å²) >= 11 is 1.26. The van der Waals surface area contributed by atoms with Gasteiger partial charge < -0.3 is 10.6 Å². The van der Waals surface area contributed by atoms with Gasteiger partial charge in [-0.25, -0.2) is 4.98 Å². The molecule has 1 saturated carbocycles. The van der Waals surface area contributed by atoms with Crippen LogP contribution in [0.15, 0.2) is 70.6 Å². The fourth-order valence-corrected chi connectivity index (χ4v) is 6.52. The van der Waals surface area contributed by atoms with Gasteiger partial charge in [0.25, 0.3) is 5.56 Å². The smallest absolute Gasteiger partial charge is 0.258 e. The van der Waals surface area contributed by atoms with E-state index in [-0.39, 0.29) is 28.5 Å². The molecule has 2 N–H and O–H groups in total. The van der Waals surface area contributed by atoms with E-state index in [1.165, 1.54) is 24.2 Å². The molecule has 5 rings (SSSR count). The first-order valence-electron chi connectivity index (χ1n) is 12.9. The summed E-state index contributed by atoms with van der Waals surface area (Å²) in [5.41, 5.74) is 5.83. The highest BCUT2D eigenvalue weighted by Gasteiger charge is 2.44. The largest absolute Gasteiger partial charge is 0.326 e. The molecule has 1 spiro atoms. The van der Waals surface area contributed by atoms with Gasteiger partial charge >= 0.3 is 0 Å². The van der Waals surface area contributed by atoms with Crippen molar-refractivity contribution in [2.45, 2.75) is 63.1 Å². The van der Waals surface area contributed by atoms with Gasteiger partial charge in [-0.2, -0.15) is 0 Å². The number of hydrogen-bond acceptors (Lipinski definition) is 5. The number of thioether (sulfide) groups is 1. The van der Waals surface area contributed by atoms with Crippen LogP contribution in [0.1, 0.15) is 50.7 Å². The molecule has 2 aliphatic rings. The van der Waals surface area contributed by atoms with E-state index in [9.17, 15) is 14.4 Å². The molecule has 196 valence electrons. The number of rotatable bonds is 7. The number of carbonyl (C=O) groups is 2. The van der Waals surface area contributed by atoms with Gasteiger partial charge in [0.05, 0.1) is 17.0 Å². The van der Waals surface area contributed by atoms with Crippen LogP contribution in [0.2, 0.25) is 0 Å². The minimum Gasteiger partial charge on any atom is -0.326 e. The molecule has 3 aromatic rings. The van der Waals surface area contributed by atoms with E-state index >= 15 is 0 Å². The van der Waals surface area contributed by atoms with Crippen molar-refractivity contribution >= 4 is 35.0 Å². The lowest BCUT2D eigenvalue weighted by Gasteiger charge is -2.36. The fraction of sp³-hybridized carbons (Fsp3) is 0.333. The molecule has 2 aliphatic carbocycles. The van der Waals surface area contributed by atoms with Gasteiger partial charge in [0, 0.05) is 35.8 Å². The van der Waals surface area contributed by atoms with E-state index in [2.05, 4.69) is 35.4 Å². The Bertz CT molecular complexity index is 1470. The van der Waals surface area contributed by atoms with Gasteiger partial charge in [-0.15, -0.1) is 0 Å². The molecule has 1 aromatic heterocycles. The molecular formula is C30H32N4O3S.